The first kappa shape index (κ1) is 13.4. The molecule has 20 heavy (non-hydrogen) atoms. The van der Waals surface area contributed by atoms with Crippen molar-refractivity contribution in [3.63, 3.8) is 0 Å². The molecule has 0 amide bonds. The molecule has 1 fully saturated rings. The number of fused-ring (bicyclic) bond motifs is 1. The van der Waals surface area contributed by atoms with E-state index in [1.807, 2.05) is 18.2 Å². The molecule has 0 atom stereocenters. The van der Waals surface area contributed by atoms with Crippen molar-refractivity contribution in [2.24, 2.45) is 0 Å². The molecule has 0 aliphatic carbocycles. The van der Waals surface area contributed by atoms with Crippen LogP contribution < -0.4 is 14.8 Å². The van der Waals surface area contributed by atoms with Gasteiger partial charge in [-0.05, 0) is 18.2 Å². The molecule has 3 rings (SSSR count). The van der Waals surface area contributed by atoms with Crippen molar-refractivity contribution in [2.75, 3.05) is 45.9 Å². The Morgan fingerprint density at radius 1 is 1.15 bits per heavy atom. The van der Waals surface area contributed by atoms with Crippen LogP contribution in [0.5, 0.6) is 11.5 Å². The predicted molar refractivity (Wildman–Crippen MR) is 75.7 cm³/mol. The molecule has 0 aromatic heterocycles. The van der Waals surface area contributed by atoms with E-state index in [9.17, 15) is 4.79 Å². The molecule has 1 aromatic carbocycles. The van der Waals surface area contributed by atoms with Gasteiger partial charge in [-0.15, -0.1) is 0 Å². The molecule has 5 nitrogen and oxygen atoms in total. The number of ether oxygens (including phenoxy) is 2. The fraction of sp³-hybridized carbons (Fsp3) is 0.533. The lowest BCUT2D eigenvalue weighted by Crippen LogP contribution is -2.45. The lowest BCUT2D eigenvalue weighted by Gasteiger charge is -2.26. The number of carbonyl (C=O) groups excluding carboxylic acids is 1. The minimum atomic E-state index is 0.141. The van der Waals surface area contributed by atoms with E-state index in [4.69, 9.17) is 9.47 Å². The highest BCUT2D eigenvalue weighted by atomic mass is 16.5. The summed E-state index contributed by atoms with van der Waals surface area (Å²) in [4.78, 5) is 14.5. The Labute approximate surface area is 118 Å². The first-order valence-electron chi connectivity index (χ1n) is 7.19. The second-order valence-corrected chi connectivity index (χ2v) is 5.16. The number of hydrogen-bond donors (Lipinski definition) is 1. The molecule has 2 aliphatic heterocycles. The molecule has 0 saturated carbocycles. The van der Waals surface area contributed by atoms with Crippen molar-refractivity contribution >= 4 is 5.78 Å². The Morgan fingerprint density at radius 3 is 2.70 bits per heavy atom. The average molecular weight is 276 g/mol. The van der Waals surface area contributed by atoms with Crippen LogP contribution in [0.2, 0.25) is 0 Å². The summed E-state index contributed by atoms with van der Waals surface area (Å²) >= 11 is 0. The van der Waals surface area contributed by atoms with E-state index in [0.717, 1.165) is 38.3 Å². The number of piperazine rings is 1. The fourth-order valence-corrected chi connectivity index (χ4v) is 2.50. The van der Waals surface area contributed by atoms with Gasteiger partial charge < -0.3 is 14.8 Å². The van der Waals surface area contributed by atoms with Crippen LogP contribution in [0.15, 0.2) is 18.2 Å². The van der Waals surface area contributed by atoms with Gasteiger partial charge >= 0.3 is 0 Å². The van der Waals surface area contributed by atoms with Gasteiger partial charge in [0.25, 0.3) is 0 Å². The van der Waals surface area contributed by atoms with E-state index < -0.39 is 0 Å². The average Bonchev–Trinajstić information content (AvgIpc) is 2.72. The normalized spacial score (nSPS) is 19.4. The van der Waals surface area contributed by atoms with Gasteiger partial charge in [0.1, 0.15) is 0 Å². The van der Waals surface area contributed by atoms with Crippen LogP contribution in [0.4, 0.5) is 0 Å². The lowest BCUT2D eigenvalue weighted by molar-refractivity contribution is 0.0921. The molecule has 108 valence electrons. The largest absolute Gasteiger partial charge is 0.490 e. The molecular weight excluding hydrogens is 256 g/mol. The maximum atomic E-state index is 12.3. The molecule has 0 bridgehead atoms. The zero-order valence-electron chi connectivity index (χ0n) is 11.6. The quantitative estimate of drug-likeness (QED) is 0.833. The van der Waals surface area contributed by atoms with E-state index >= 15 is 0 Å². The number of hydrogen-bond acceptors (Lipinski definition) is 5. The van der Waals surface area contributed by atoms with Crippen LogP contribution in [0.3, 0.4) is 0 Å². The third-order valence-electron chi connectivity index (χ3n) is 3.65. The summed E-state index contributed by atoms with van der Waals surface area (Å²) in [6.07, 6.45) is 0.874. The summed E-state index contributed by atoms with van der Waals surface area (Å²) in [5.41, 5.74) is 0.702. The van der Waals surface area contributed by atoms with Gasteiger partial charge in [-0.25, -0.2) is 0 Å². The monoisotopic (exact) mass is 276 g/mol. The van der Waals surface area contributed by atoms with Gasteiger partial charge in [-0.3, -0.25) is 9.69 Å². The number of rotatable bonds is 3. The van der Waals surface area contributed by atoms with Crippen molar-refractivity contribution in [2.45, 2.75) is 6.42 Å². The molecule has 1 aromatic rings. The maximum absolute atomic E-state index is 12.3. The minimum Gasteiger partial charge on any atom is -0.490 e. The van der Waals surface area contributed by atoms with Crippen molar-refractivity contribution < 1.29 is 14.3 Å². The highest BCUT2D eigenvalue weighted by molar-refractivity contribution is 5.98. The van der Waals surface area contributed by atoms with E-state index in [2.05, 4.69) is 10.2 Å². The highest BCUT2D eigenvalue weighted by Gasteiger charge is 2.17. The van der Waals surface area contributed by atoms with E-state index in [0.29, 0.717) is 31.1 Å². The Balaban J connectivity index is 1.69. The van der Waals surface area contributed by atoms with Crippen LogP contribution >= 0.6 is 0 Å². The summed E-state index contributed by atoms with van der Waals surface area (Å²) in [6, 6.07) is 5.48. The number of carbonyl (C=O) groups is 1. The van der Waals surface area contributed by atoms with E-state index in [1.165, 1.54) is 0 Å². The van der Waals surface area contributed by atoms with Crippen molar-refractivity contribution in [1.82, 2.24) is 10.2 Å². The molecule has 1 saturated heterocycles. The number of nitrogens with one attached hydrogen (secondary N) is 1. The Hall–Kier alpha value is -1.59. The summed E-state index contributed by atoms with van der Waals surface area (Å²) in [5.74, 6) is 1.57. The van der Waals surface area contributed by atoms with Gasteiger partial charge in [-0.2, -0.15) is 0 Å². The van der Waals surface area contributed by atoms with Gasteiger partial charge in [-0.1, -0.05) is 0 Å². The maximum Gasteiger partial charge on any atom is 0.176 e. The molecule has 2 aliphatic rings. The lowest BCUT2D eigenvalue weighted by atomic mass is 10.1. The van der Waals surface area contributed by atoms with Crippen molar-refractivity contribution in [3.05, 3.63) is 23.8 Å². The summed E-state index contributed by atoms with van der Waals surface area (Å²) in [6.45, 7) is 5.54. The summed E-state index contributed by atoms with van der Waals surface area (Å²) in [7, 11) is 0. The SMILES string of the molecule is O=C(CN1CCNCC1)c1ccc2c(c1)OCCCO2. The van der Waals surface area contributed by atoms with Gasteiger partial charge in [0.05, 0.1) is 19.8 Å². The molecule has 0 radical (unpaired) electrons. The van der Waals surface area contributed by atoms with E-state index in [-0.39, 0.29) is 5.78 Å². The van der Waals surface area contributed by atoms with Gasteiger partial charge in [0, 0.05) is 38.2 Å². The molecule has 1 N–H and O–H groups in total. The minimum absolute atomic E-state index is 0.141. The highest BCUT2D eigenvalue weighted by Crippen LogP contribution is 2.30. The second kappa shape index (κ2) is 6.24. The Kier molecular flexibility index (Phi) is 4.18. The molecule has 2 heterocycles. The van der Waals surface area contributed by atoms with E-state index in [1.54, 1.807) is 0 Å². The third-order valence-corrected chi connectivity index (χ3v) is 3.65. The van der Waals surface area contributed by atoms with Gasteiger partial charge in [0.2, 0.25) is 0 Å². The van der Waals surface area contributed by atoms with Crippen molar-refractivity contribution in [1.29, 1.82) is 0 Å². The van der Waals surface area contributed by atoms with Crippen molar-refractivity contribution in [3.8, 4) is 11.5 Å². The standard InChI is InChI=1S/C15H20N2O3/c18-13(11-17-6-4-16-5-7-17)12-2-3-14-15(10-12)20-9-1-8-19-14/h2-3,10,16H,1,4-9,11H2. The molecular formula is C15H20N2O3. The van der Waals surface area contributed by atoms with Crippen LogP contribution in [-0.4, -0.2) is 56.6 Å². The zero-order valence-corrected chi connectivity index (χ0v) is 11.6. The third kappa shape index (κ3) is 3.11. The predicted octanol–water partition coefficient (Wildman–Crippen LogP) is 0.936. The van der Waals surface area contributed by atoms with Crippen LogP contribution in [-0.2, 0) is 0 Å². The molecule has 0 spiro atoms. The Bertz CT molecular complexity index is 484. The second-order valence-electron chi connectivity index (χ2n) is 5.16. The first-order chi connectivity index (χ1) is 9.83. The first-order valence-corrected chi connectivity index (χ1v) is 7.19. The molecule has 0 unspecified atom stereocenters. The number of nitrogens with zero attached hydrogens (tertiary/aromatic N) is 1. The van der Waals surface area contributed by atoms with Crippen LogP contribution in [0.1, 0.15) is 16.8 Å². The summed E-state index contributed by atoms with van der Waals surface area (Å²) in [5, 5.41) is 3.29. The van der Waals surface area contributed by atoms with Gasteiger partial charge in [0.15, 0.2) is 17.3 Å². The number of Topliss-reactive ketones (excluding diaryl/α,β-unsaturated/α-hetero) is 1. The number of ketones is 1. The van der Waals surface area contributed by atoms with Crippen LogP contribution in [0, 0.1) is 0 Å². The fourth-order valence-electron chi connectivity index (χ4n) is 2.50. The zero-order chi connectivity index (χ0) is 13.8. The topological polar surface area (TPSA) is 50.8 Å². The smallest absolute Gasteiger partial charge is 0.176 e. The summed E-state index contributed by atoms with van der Waals surface area (Å²) < 4.78 is 11.2. The number of benzene rings is 1. The molecule has 5 heteroatoms. The van der Waals surface area contributed by atoms with Crippen LogP contribution in [0.25, 0.3) is 0 Å². The Morgan fingerprint density at radius 2 is 1.90 bits per heavy atom.